The number of benzene rings is 1. The lowest BCUT2D eigenvalue weighted by molar-refractivity contribution is -0.124. The van der Waals surface area contributed by atoms with Gasteiger partial charge in [-0.1, -0.05) is 18.2 Å². The number of H-pyrrole nitrogens is 1. The van der Waals surface area contributed by atoms with Crippen molar-refractivity contribution in [1.82, 2.24) is 10.3 Å². The Kier molecular flexibility index (Phi) is 7.43. The van der Waals surface area contributed by atoms with Gasteiger partial charge in [-0.25, -0.2) is 9.59 Å². The van der Waals surface area contributed by atoms with Gasteiger partial charge in [-0.05, 0) is 70.7 Å². The van der Waals surface area contributed by atoms with Crippen molar-refractivity contribution in [3.8, 4) is 0 Å². The third kappa shape index (κ3) is 5.49. The van der Waals surface area contributed by atoms with Crippen molar-refractivity contribution in [2.45, 2.75) is 60.6 Å². The van der Waals surface area contributed by atoms with Gasteiger partial charge in [0, 0.05) is 5.69 Å². The van der Waals surface area contributed by atoms with Crippen molar-refractivity contribution in [2.24, 2.45) is 0 Å². The lowest BCUT2D eigenvalue weighted by Crippen LogP contribution is -2.31. The molecule has 0 aliphatic rings. The molecule has 30 heavy (non-hydrogen) atoms. The summed E-state index contributed by atoms with van der Waals surface area (Å²) in [5, 5.41) is 2.82. The molecule has 1 aromatic carbocycles. The zero-order valence-electron chi connectivity index (χ0n) is 18.6. The molecule has 1 aromatic heterocycles. The predicted molar refractivity (Wildman–Crippen MR) is 114 cm³/mol. The van der Waals surface area contributed by atoms with E-state index in [4.69, 9.17) is 9.47 Å². The number of ether oxygens (including phenoxy) is 2. The van der Waals surface area contributed by atoms with Gasteiger partial charge in [-0.15, -0.1) is 0 Å². The minimum atomic E-state index is -0.701. The van der Waals surface area contributed by atoms with E-state index in [1.807, 2.05) is 39.0 Å². The molecule has 2 rings (SSSR count). The summed E-state index contributed by atoms with van der Waals surface area (Å²) >= 11 is 0. The first-order chi connectivity index (χ1) is 14.0. The number of aromatic nitrogens is 1. The number of amides is 1. The Morgan fingerprint density at radius 1 is 1.00 bits per heavy atom. The fourth-order valence-corrected chi connectivity index (χ4v) is 3.14. The van der Waals surface area contributed by atoms with E-state index in [-0.39, 0.29) is 17.8 Å². The average molecular weight is 415 g/mol. The predicted octanol–water partition coefficient (Wildman–Crippen LogP) is 3.85. The summed E-state index contributed by atoms with van der Waals surface area (Å²) in [7, 11) is 0. The molecule has 1 atom stereocenters. The van der Waals surface area contributed by atoms with Crippen LogP contribution in [0.4, 0.5) is 0 Å². The minimum Gasteiger partial charge on any atom is -0.459 e. The fraction of sp³-hybridized carbons (Fsp3) is 0.435. The summed E-state index contributed by atoms with van der Waals surface area (Å²) in [5.41, 5.74) is 4.69. The summed E-state index contributed by atoms with van der Waals surface area (Å²) in [6, 6.07) is 5.77. The van der Waals surface area contributed by atoms with Crippen LogP contribution in [0.2, 0.25) is 0 Å². The summed E-state index contributed by atoms with van der Waals surface area (Å²) in [4.78, 5) is 39.8. The van der Waals surface area contributed by atoms with Crippen LogP contribution in [-0.2, 0) is 14.3 Å². The van der Waals surface area contributed by atoms with Crippen molar-refractivity contribution in [3.05, 3.63) is 57.4 Å². The van der Waals surface area contributed by atoms with Gasteiger partial charge in [0.05, 0.1) is 17.7 Å². The molecule has 162 valence electrons. The highest BCUT2D eigenvalue weighted by Crippen LogP contribution is 2.21. The fourth-order valence-electron chi connectivity index (χ4n) is 3.14. The van der Waals surface area contributed by atoms with Crippen molar-refractivity contribution < 1.29 is 23.9 Å². The van der Waals surface area contributed by atoms with Crippen LogP contribution in [0.3, 0.4) is 0 Å². The van der Waals surface area contributed by atoms with Crippen molar-refractivity contribution in [3.63, 3.8) is 0 Å². The molecule has 1 heterocycles. The summed E-state index contributed by atoms with van der Waals surface area (Å²) in [5.74, 6) is -1.61. The number of esters is 2. The van der Waals surface area contributed by atoms with Crippen LogP contribution in [0, 0.1) is 27.7 Å². The average Bonchev–Trinajstić information content (AvgIpc) is 2.95. The molecule has 0 aliphatic carbocycles. The Morgan fingerprint density at radius 3 is 2.27 bits per heavy atom. The second-order valence-electron chi connectivity index (χ2n) is 7.79. The van der Waals surface area contributed by atoms with Gasteiger partial charge in [0.2, 0.25) is 0 Å². The molecule has 0 fully saturated rings. The molecule has 0 unspecified atom stereocenters. The first kappa shape index (κ1) is 23.2. The van der Waals surface area contributed by atoms with E-state index >= 15 is 0 Å². The number of carbonyl (C=O) groups excluding carboxylic acids is 3. The van der Waals surface area contributed by atoms with Crippen LogP contribution in [0.1, 0.15) is 75.6 Å². The maximum atomic E-state index is 12.4. The van der Waals surface area contributed by atoms with E-state index in [0.29, 0.717) is 16.8 Å². The largest absolute Gasteiger partial charge is 0.459 e. The van der Waals surface area contributed by atoms with Crippen LogP contribution >= 0.6 is 0 Å². The molecule has 7 heteroatoms. The molecule has 0 bridgehead atoms. The highest BCUT2D eigenvalue weighted by atomic mass is 16.5. The maximum absolute atomic E-state index is 12.4. The van der Waals surface area contributed by atoms with Crippen LogP contribution in [-0.4, -0.2) is 35.5 Å². The van der Waals surface area contributed by atoms with Crippen molar-refractivity contribution >= 4 is 17.8 Å². The number of hydrogen-bond donors (Lipinski definition) is 2. The van der Waals surface area contributed by atoms with E-state index in [9.17, 15) is 14.4 Å². The quantitative estimate of drug-likeness (QED) is 0.671. The standard InChI is InChI=1S/C23H30N2O5/c1-12(2)30-22(27)20-15(5)21(25-17(20)7)23(28)29-11-19(26)24-16(6)18-9-8-13(3)14(4)10-18/h8-10,12,16,25H,11H2,1-7H3,(H,24,26)/t16-/m1/s1. The minimum absolute atomic E-state index is 0.137. The van der Waals surface area contributed by atoms with E-state index < -0.39 is 24.5 Å². The van der Waals surface area contributed by atoms with Crippen LogP contribution in [0.25, 0.3) is 0 Å². The molecule has 2 N–H and O–H groups in total. The van der Waals surface area contributed by atoms with Crippen molar-refractivity contribution in [2.75, 3.05) is 6.61 Å². The molecular formula is C23H30N2O5. The van der Waals surface area contributed by atoms with Gasteiger partial charge in [-0.3, -0.25) is 4.79 Å². The summed E-state index contributed by atoms with van der Waals surface area (Å²) < 4.78 is 10.4. The molecule has 0 saturated heterocycles. The highest BCUT2D eigenvalue weighted by Gasteiger charge is 2.25. The van der Waals surface area contributed by atoms with Crippen LogP contribution in [0.5, 0.6) is 0 Å². The first-order valence-electron chi connectivity index (χ1n) is 9.95. The maximum Gasteiger partial charge on any atom is 0.355 e. The summed E-state index contributed by atoms with van der Waals surface area (Å²) in [6.45, 7) is 12.3. The number of rotatable bonds is 7. The lowest BCUT2D eigenvalue weighted by atomic mass is 10.0. The third-order valence-electron chi connectivity index (χ3n) is 4.93. The van der Waals surface area contributed by atoms with Crippen LogP contribution in [0.15, 0.2) is 18.2 Å². The van der Waals surface area contributed by atoms with E-state index in [0.717, 1.165) is 11.1 Å². The number of aryl methyl sites for hydroxylation is 3. The topological polar surface area (TPSA) is 97.5 Å². The normalized spacial score (nSPS) is 11.9. The molecule has 2 aromatic rings. The molecule has 0 spiro atoms. The Balaban J connectivity index is 1.99. The highest BCUT2D eigenvalue weighted by molar-refractivity contribution is 5.99. The molecule has 0 aliphatic heterocycles. The van der Waals surface area contributed by atoms with Crippen LogP contribution < -0.4 is 5.32 Å². The molecule has 0 radical (unpaired) electrons. The van der Waals surface area contributed by atoms with E-state index in [1.54, 1.807) is 27.7 Å². The zero-order valence-corrected chi connectivity index (χ0v) is 18.6. The Labute approximate surface area is 177 Å². The second kappa shape index (κ2) is 9.61. The van der Waals surface area contributed by atoms with Gasteiger partial charge in [0.1, 0.15) is 5.69 Å². The monoisotopic (exact) mass is 414 g/mol. The van der Waals surface area contributed by atoms with Gasteiger partial charge < -0.3 is 19.8 Å². The number of hydrogen-bond acceptors (Lipinski definition) is 5. The van der Waals surface area contributed by atoms with Gasteiger partial charge in [-0.2, -0.15) is 0 Å². The first-order valence-corrected chi connectivity index (χ1v) is 9.95. The Hall–Kier alpha value is -3.09. The Bertz CT molecular complexity index is 959. The third-order valence-corrected chi connectivity index (χ3v) is 4.93. The van der Waals surface area contributed by atoms with E-state index in [2.05, 4.69) is 10.3 Å². The molecular weight excluding hydrogens is 384 g/mol. The number of carbonyl (C=O) groups is 3. The van der Waals surface area contributed by atoms with Crippen molar-refractivity contribution in [1.29, 1.82) is 0 Å². The van der Waals surface area contributed by atoms with E-state index in [1.165, 1.54) is 5.56 Å². The molecule has 1 amide bonds. The second-order valence-corrected chi connectivity index (χ2v) is 7.79. The van der Waals surface area contributed by atoms with Gasteiger partial charge >= 0.3 is 11.9 Å². The SMILES string of the molecule is Cc1ccc([C@@H](C)NC(=O)COC(=O)c2[nH]c(C)c(C(=O)OC(C)C)c2C)cc1C. The lowest BCUT2D eigenvalue weighted by Gasteiger charge is -2.15. The smallest absolute Gasteiger partial charge is 0.355 e. The van der Waals surface area contributed by atoms with Gasteiger partial charge in [0.25, 0.3) is 5.91 Å². The number of nitrogens with one attached hydrogen (secondary N) is 2. The van der Waals surface area contributed by atoms with Gasteiger partial charge in [0.15, 0.2) is 6.61 Å². The molecule has 0 saturated carbocycles. The Morgan fingerprint density at radius 2 is 1.67 bits per heavy atom. The summed E-state index contributed by atoms with van der Waals surface area (Å²) in [6.07, 6.45) is -0.274. The number of aromatic amines is 1. The molecule has 7 nitrogen and oxygen atoms in total. The zero-order chi connectivity index (χ0) is 22.6.